The molecule has 0 aliphatic rings. The van der Waals surface area contributed by atoms with E-state index in [1.807, 2.05) is 48.5 Å². The minimum atomic E-state index is -0.259. The molecule has 0 saturated carbocycles. The minimum Gasteiger partial charge on any atom is -0.508 e. The topological polar surface area (TPSA) is 193 Å². The monoisotopic (exact) mass is 1160 g/mol. The zero-order valence-electron chi connectivity index (χ0n) is 57.5. The van der Waals surface area contributed by atoms with Crippen molar-refractivity contribution in [2.75, 3.05) is 7.11 Å². The van der Waals surface area contributed by atoms with Crippen LogP contribution in [-0.4, -0.2) is 53.4 Å². The van der Waals surface area contributed by atoms with Gasteiger partial charge in [0.05, 0.1) is 13.2 Å². The van der Waals surface area contributed by atoms with E-state index in [9.17, 15) is 35.7 Å². The van der Waals surface area contributed by atoms with Gasteiger partial charge in [0.2, 0.25) is 0 Å². The third-order valence-electron chi connectivity index (χ3n) is 15.4. The summed E-state index contributed by atoms with van der Waals surface area (Å²) < 4.78 is 0. The zero-order chi connectivity index (χ0) is 64.5. The summed E-state index contributed by atoms with van der Waals surface area (Å²) in [5, 5.41) is 79.4. The summed E-state index contributed by atoms with van der Waals surface area (Å²) >= 11 is 0. The molecule has 10 N–H and O–H groups in total. The molecule has 0 aromatic heterocycles. The van der Waals surface area contributed by atoms with Crippen LogP contribution in [0.5, 0.6) is 28.7 Å². The molecule has 5 rings (SSSR count). The van der Waals surface area contributed by atoms with E-state index in [-0.39, 0.29) is 90.4 Å². The van der Waals surface area contributed by atoms with Crippen LogP contribution in [0.4, 0.5) is 0 Å². The van der Waals surface area contributed by atoms with Crippen LogP contribution in [0.15, 0.2) is 84.9 Å². The fourth-order valence-electron chi connectivity index (χ4n) is 13.6. The molecule has 0 aliphatic carbocycles. The molecule has 9 nitrogen and oxygen atoms in total. The van der Waals surface area contributed by atoms with Gasteiger partial charge in [-0.1, -0.05) is 222 Å². The largest absolute Gasteiger partial charge is 0.508 e. The Balaban J connectivity index is 0.000000659. The van der Waals surface area contributed by atoms with E-state index in [4.69, 9.17) is 5.11 Å². The van der Waals surface area contributed by atoms with Gasteiger partial charge < -0.3 is 46.3 Å². The van der Waals surface area contributed by atoms with Gasteiger partial charge in [-0.25, -0.2) is 0 Å². The van der Waals surface area contributed by atoms with Crippen molar-refractivity contribution in [2.45, 2.75) is 258 Å². The molecule has 0 unspecified atom stereocenters. The van der Waals surface area contributed by atoms with E-state index in [1.54, 1.807) is 24.3 Å². The molecule has 0 saturated heterocycles. The molecular formula is C75H120O9. The van der Waals surface area contributed by atoms with Crippen LogP contribution < -0.4 is 0 Å². The molecule has 474 valence electrons. The van der Waals surface area contributed by atoms with Crippen LogP contribution in [0.1, 0.15) is 266 Å². The van der Waals surface area contributed by atoms with E-state index in [1.165, 1.54) is 16.7 Å². The summed E-state index contributed by atoms with van der Waals surface area (Å²) in [6.07, 6.45) is 5.91. The normalized spacial score (nSPS) is 12.9. The molecule has 0 fully saturated rings. The molecule has 0 amide bonds. The number of hydrogen-bond donors (Lipinski definition) is 8. The number of phenolic OH excluding ortho intramolecular Hbond substituents is 3. The molecule has 0 atom stereocenters. The van der Waals surface area contributed by atoms with Gasteiger partial charge in [0.1, 0.15) is 28.7 Å². The smallest absolute Gasteiger partial charge is 0.124 e. The number of benzene rings is 5. The number of rotatable bonds is 16. The maximum Gasteiger partial charge on any atom is 0.124 e. The molecule has 0 bridgehead atoms. The van der Waals surface area contributed by atoms with Crippen molar-refractivity contribution in [1.29, 1.82) is 0 Å². The lowest BCUT2D eigenvalue weighted by molar-refractivity contribution is 0.271. The number of hydrogen-bond acceptors (Lipinski definition) is 8. The first-order valence-corrected chi connectivity index (χ1v) is 30.2. The number of aliphatic hydroxyl groups is 3. The van der Waals surface area contributed by atoms with Crippen molar-refractivity contribution < 1.29 is 46.3 Å². The Labute approximate surface area is 511 Å². The highest BCUT2D eigenvalue weighted by atomic mass is 16.3. The zero-order valence-corrected chi connectivity index (χ0v) is 57.5. The van der Waals surface area contributed by atoms with Gasteiger partial charge in [0, 0.05) is 31.1 Å². The lowest BCUT2D eigenvalue weighted by Crippen LogP contribution is -2.25. The number of aromatic hydroxyl groups is 5. The van der Waals surface area contributed by atoms with Gasteiger partial charge >= 0.3 is 0 Å². The third-order valence-corrected chi connectivity index (χ3v) is 15.4. The van der Waals surface area contributed by atoms with E-state index in [2.05, 4.69) is 185 Å². The highest BCUT2D eigenvalue weighted by Crippen LogP contribution is 2.45. The van der Waals surface area contributed by atoms with Gasteiger partial charge in [-0.05, 0) is 173 Å². The van der Waals surface area contributed by atoms with Crippen molar-refractivity contribution in [3.63, 3.8) is 0 Å². The van der Waals surface area contributed by atoms with E-state index in [0.29, 0.717) is 46.3 Å². The Kier molecular flexibility index (Phi) is 26.6. The quantitative estimate of drug-likeness (QED) is 0.0478. The van der Waals surface area contributed by atoms with Crippen molar-refractivity contribution in [2.24, 2.45) is 27.1 Å². The van der Waals surface area contributed by atoms with Crippen molar-refractivity contribution >= 4 is 0 Å². The molecular weight excluding hydrogens is 1040 g/mol. The number of phenols is 5. The number of aliphatic hydroxyl groups excluding tert-OH is 3. The lowest BCUT2D eigenvalue weighted by Gasteiger charge is -2.34. The average molecular weight is 1170 g/mol. The van der Waals surface area contributed by atoms with Gasteiger partial charge in [0.25, 0.3) is 0 Å². The van der Waals surface area contributed by atoms with Gasteiger partial charge in [-0.15, -0.1) is 0 Å². The minimum absolute atomic E-state index is 0. The molecule has 5 aromatic rings. The van der Waals surface area contributed by atoms with Gasteiger partial charge in [-0.2, -0.15) is 0 Å². The van der Waals surface area contributed by atoms with Crippen LogP contribution in [0.2, 0.25) is 0 Å². The maximum absolute atomic E-state index is 11.0. The van der Waals surface area contributed by atoms with Crippen LogP contribution >= 0.6 is 0 Å². The summed E-state index contributed by atoms with van der Waals surface area (Å²) in [5.74, 6) is 1.03. The van der Waals surface area contributed by atoms with E-state index >= 15 is 0 Å². The van der Waals surface area contributed by atoms with Crippen LogP contribution in [0, 0.1) is 27.1 Å². The average Bonchev–Trinajstić information content (AvgIpc) is 2.05. The second kappa shape index (κ2) is 29.1. The standard InChI is InChI=1S/C31H48O4.C29H44O2.C14H22O.CH4O.H2O/c1-28(2,3)18-30(7,8)24-12-20(26(34)22(14-24)16-32)11-21-13-25(15-23(17-33)27(21)35)31(9,10)19-29(4,5)6;1-26(2,3)18-28(7,8)22-11-13-24(30)20(16-22)15-21-17-23(12-14-25(21)31)29(9,10)19-27(4,5)6;1-13(2,3)10-14(4,5)11-6-8-12(15)9-7-11;1-2;/h12-15,32-35H,11,16-19H2,1-10H3;11-14,16-17,30-31H,15,18-19H2,1-10H3;6-9,15H,10H2,1-5H3;2H,1H3;1H2. The molecule has 9 heteroatoms. The van der Waals surface area contributed by atoms with Crippen LogP contribution in [0.25, 0.3) is 0 Å². The molecule has 0 radical (unpaired) electrons. The molecule has 5 aromatic carbocycles. The summed E-state index contributed by atoms with van der Waals surface area (Å²) in [4.78, 5) is 0. The van der Waals surface area contributed by atoms with Crippen LogP contribution in [-0.2, 0) is 53.1 Å². The predicted octanol–water partition coefficient (Wildman–Crippen LogP) is 18.1. The first kappa shape index (κ1) is 77.0. The van der Waals surface area contributed by atoms with E-state index in [0.717, 1.165) is 61.5 Å². The van der Waals surface area contributed by atoms with Gasteiger partial charge in [0.15, 0.2) is 0 Å². The highest BCUT2D eigenvalue weighted by Gasteiger charge is 2.33. The fraction of sp³-hybridized carbons (Fsp3) is 0.600. The predicted molar refractivity (Wildman–Crippen MR) is 355 cm³/mol. The molecule has 0 heterocycles. The summed E-state index contributed by atoms with van der Waals surface area (Å²) in [6, 6.07) is 27.3. The highest BCUT2D eigenvalue weighted by molar-refractivity contribution is 5.53. The second-order valence-electron chi connectivity index (χ2n) is 33.3. The summed E-state index contributed by atoms with van der Waals surface area (Å²) in [6.45, 7) is 55.4. The first-order chi connectivity index (χ1) is 37.4. The maximum atomic E-state index is 11.0. The van der Waals surface area contributed by atoms with E-state index < -0.39 is 0 Å². The Hall–Kier alpha value is -5.06. The van der Waals surface area contributed by atoms with Crippen molar-refractivity contribution in [3.05, 3.63) is 146 Å². The SMILES string of the molecule is CC(C)(C)CC(C)(C)c1cc(CO)c(O)c(Cc2cc(C(C)(C)CC(C)(C)C)cc(CO)c2O)c1.CC(C)(C)CC(C)(C)c1ccc(O)c(Cc2cc(C(C)(C)CC(C)(C)C)ccc2O)c1.CC(C)(C)CC(C)(C)c1ccc(O)cc1.CO.O. The Morgan fingerprint density at radius 2 is 0.488 bits per heavy atom. The Morgan fingerprint density at radius 3 is 0.750 bits per heavy atom. The van der Waals surface area contributed by atoms with Crippen molar-refractivity contribution in [1.82, 2.24) is 0 Å². The summed E-state index contributed by atoms with van der Waals surface area (Å²) in [5.41, 5.74) is 10.7. The first-order valence-electron chi connectivity index (χ1n) is 30.2. The molecule has 0 spiro atoms. The molecule has 0 aliphatic heterocycles. The third kappa shape index (κ3) is 24.4. The lowest BCUT2D eigenvalue weighted by atomic mass is 9.71. The summed E-state index contributed by atoms with van der Waals surface area (Å²) in [7, 11) is 1.00. The fourth-order valence-corrected chi connectivity index (χ4v) is 13.6. The van der Waals surface area contributed by atoms with Crippen LogP contribution in [0.3, 0.4) is 0 Å². The van der Waals surface area contributed by atoms with Crippen molar-refractivity contribution in [3.8, 4) is 28.7 Å². The molecule has 84 heavy (non-hydrogen) atoms. The Bertz CT molecular complexity index is 2690. The Morgan fingerprint density at radius 1 is 0.274 bits per heavy atom. The van der Waals surface area contributed by atoms with Gasteiger partial charge in [-0.3, -0.25) is 0 Å². The second-order valence-corrected chi connectivity index (χ2v) is 33.3.